The maximum absolute atomic E-state index is 5.41. The van der Waals surface area contributed by atoms with Gasteiger partial charge in [0.1, 0.15) is 5.01 Å². The van der Waals surface area contributed by atoms with E-state index in [1.165, 1.54) is 22.1 Å². The van der Waals surface area contributed by atoms with Crippen LogP contribution in [-0.2, 0) is 10.2 Å². The van der Waals surface area contributed by atoms with E-state index < -0.39 is 0 Å². The lowest BCUT2D eigenvalue weighted by molar-refractivity contribution is 0.109. The van der Waals surface area contributed by atoms with Gasteiger partial charge in [-0.25, -0.2) is 4.98 Å². The summed E-state index contributed by atoms with van der Waals surface area (Å²) >= 11 is 1.76. The van der Waals surface area contributed by atoms with Gasteiger partial charge in [-0.05, 0) is 23.8 Å². The Labute approximate surface area is 131 Å². The maximum atomic E-state index is 5.41. The van der Waals surface area contributed by atoms with Crippen molar-refractivity contribution in [3.8, 4) is 11.3 Å². The fraction of sp³-hybridized carbons (Fsp3) is 0.444. The van der Waals surface area contributed by atoms with Crippen molar-refractivity contribution in [2.24, 2.45) is 0 Å². The molecule has 1 aromatic carbocycles. The van der Waals surface area contributed by atoms with E-state index in [4.69, 9.17) is 9.72 Å². The van der Waals surface area contributed by atoms with E-state index in [1.54, 1.807) is 11.3 Å². The molecule has 0 spiro atoms. The first kappa shape index (κ1) is 14.7. The molecule has 0 bridgehead atoms. The largest absolute Gasteiger partial charge is 0.381 e. The molecular formula is C18H22NOS. The Hall–Kier alpha value is -1.19. The smallest absolute Gasteiger partial charge is 0.101 e. The molecule has 3 rings (SSSR count). The van der Waals surface area contributed by atoms with Crippen LogP contribution in [0.5, 0.6) is 0 Å². The molecule has 1 saturated heterocycles. The van der Waals surface area contributed by atoms with Crippen molar-refractivity contribution in [3.63, 3.8) is 0 Å². The van der Waals surface area contributed by atoms with Gasteiger partial charge in [-0.2, -0.15) is 0 Å². The molecule has 0 N–H and O–H groups in total. The molecule has 3 heteroatoms. The van der Waals surface area contributed by atoms with Gasteiger partial charge in [-0.3, -0.25) is 0 Å². The molecule has 0 amide bonds. The third-order valence-corrected chi connectivity index (χ3v) is 4.89. The molecule has 21 heavy (non-hydrogen) atoms. The zero-order chi connectivity index (χ0) is 14.9. The molecule has 2 nitrogen and oxygen atoms in total. The second-order valence-electron chi connectivity index (χ2n) is 6.58. The van der Waals surface area contributed by atoms with Crippen molar-refractivity contribution in [1.29, 1.82) is 0 Å². The number of benzene rings is 1. The molecule has 0 unspecified atom stereocenters. The molecule has 1 aliphatic rings. The number of hydrogen-bond donors (Lipinski definition) is 0. The molecule has 1 fully saturated rings. The number of rotatable bonds is 2. The molecular weight excluding hydrogens is 278 g/mol. The van der Waals surface area contributed by atoms with Crippen molar-refractivity contribution in [3.05, 3.63) is 46.1 Å². The van der Waals surface area contributed by atoms with Crippen molar-refractivity contribution in [2.45, 2.75) is 39.0 Å². The lowest BCUT2D eigenvalue weighted by Gasteiger charge is -2.19. The monoisotopic (exact) mass is 300 g/mol. The third-order valence-electron chi connectivity index (χ3n) is 3.95. The quantitative estimate of drug-likeness (QED) is 0.791. The van der Waals surface area contributed by atoms with Crippen molar-refractivity contribution < 1.29 is 4.74 Å². The van der Waals surface area contributed by atoms with Crippen LogP contribution in [0.4, 0.5) is 0 Å². The number of aromatic nitrogens is 1. The Morgan fingerprint density at radius 3 is 2.33 bits per heavy atom. The van der Waals surface area contributed by atoms with Gasteiger partial charge < -0.3 is 4.74 Å². The molecule has 0 saturated carbocycles. The van der Waals surface area contributed by atoms with Gasteiger partial charge in [0, 0.05) is 30.1 Å². The zero-order valence-corrected chi connectivity index (χ0v) is 13.8. The number of hydrogen-bond acceptors (Lipinski definition) is 3. The minimum absolute atomic E-state index is 0.198. The first-order valence-corrected chi connectivity index (χ1v) is 8.41. The highest BCUT2D eigenvalue weighted by molar-refractivity contribution is 7.10. The molecule has 0 aliphatic carbocycles. The summed E-state index contributed by atoms with van der Waals surface area (Å²) in [5.74, 6) is 1.45. The number of thiazole rings is 1. The molecule has 1 aromatic heterocycles. The van der Waals surface area contributed by atoms with Crippen LogP contribution in [0.3, 0.4) is 0 Å². The van der Waals surface area contributed by atoms with Crippen LogP contribution in [-0.4, -0.2) is 18.2 Å². The number of ether oxygens (including phenoxy) is 1. The minimum atomic E-state index is 0.198. The Morgan fingerprint density at radius 2 is 1.71 bits per heavy atom. The van der Waals surface area contributed by atoms with Gasteiger partial charge in [-0.1, -0.05) is 45.0 Å². The minimum Gasteiger partial charge on any atom is -0.381 e. The summed E-state index contributed by atoms with van der Waals surface area (Å²) < 4.78 is 5.41. The van der Waals surface area contributed by atoms with Crippen LogP contribution in [0.1, 0.15) is 44.2 Å². The lowest BCUT2D eigenvalue weighted by atomic mass is 9.86. The third kappa shape index (κ3) is 3.35. The van der Waals surface area contributed by atoms with Gasteiger partial charge in [-0.15, -0.1) is 11.3 Å². The van der Waals surface area contributed by atoms with Crippen LogP contribution in [0, 0.1) is 5.92 Å². The fourth-order valence-corrected chi connectivity index (χ4v) is 3.48. The average molecular weight is 300 g/mol. The van der Waals surface area contributed by atoms with Gasteiger partial charge in [0.05, 0.1) is 5.69 Å². The highest BCUT2D eigenvalue weighted by Crippen LogP contribution is 2.32. The van der Waals surface area contributed by atoms with Crippen LogP contribution in [0.25, 0.3) is 11.3 Å². The molecule has 1 aliphatic heterocycles. The van der Waals surface area contributed by atoms with E-state index in [1.807, 2.05) is 0 Å². The first-order chi connectivity index (χ1) is 10.0. The lowest BCUT2D eigenvalue weighted by Crippen LogP contribution is -2.14. The molecule has 0 atom stereocenters. The van der Waals surface area contributed by atoms with E-state index in [2.05, 4.69) is 50.4 Å². The van der Waals surface area contributed by atoms with E-state index in [9.17, 15) is 0 Å². The Balaban J connectivity index is 1.79. The van der Waals surface area contributed by atoms with Crippen molar-refractivity contribution >= 4 is 11.3 Å². The Morgan fingerprint density at radius 1 is 1.05 bits per heavy atom. The second-order valence-corrected chi connectivity index (χ2v) is 7.44. The standard InChI is InChI=1S/C18H22NOS/c1-18(2,3)15-6-4-13(5-7-15)16-12-21-17(19-16)14-8-10-20-11-9-14/h4-7,12H,8-11H2,1-3H3. The van der Waals surface area contributed by atoms with Gasteiger partial charge in [0.15, 0.2) is 0 Å². The van der Waals surface area contributed by atoms with E-state index in [-0.39, 0.29) is 5.41 Å². The second kappa shape index (κ2) is 5.90. The van der Waals surface area contributed by atoms with Gasteiger partial charge in [0.2, 0.25) is 0 Å². The predicted molar refractivity (Wildman–Crippen MR) is 88.6 cm³/mol. The first-order valence-electron chi connectivity index (χ1n) is 7.53. The zero-order valence-electron chi connectivity index (χ0n) is 13.0. The summed E-state index contributed by atoms with van der Waals surface area (Å²) in [5.41, 5.74) is 3.86. The average Bonchev–Trinajstić information content (AvgIpc) is 2.97. The molecule has 2 heterocycles. The summed E-state index contributed by atoms with van der Waals surface area (Å²) in [5, 5.41) is 3.36. The highest BCUT2D eigenvalue weighted by Gasteiger charge is 2.20. The van der Waals surface area contributed by atoms with E-state index in [0.717, 1.165) is 31.7 Å². The molecule has 2 aromatic rings. The van der Waals surface area contributed by atoms with Crippen LogP contribution in [0.2, 0.25) is 0 Å². The van der Waals surface area contributed by atoms with E-state index in [0.29, 0.717) is 0 Å². The highest BCUT2D eigenvalue weighted by atomic mass is 32.1. The Kier molecular flexibility index (Phi) is 4.14. The normalized spacial score (nSPS) is 17.1. The van der Waals surface area contributed by atoms with E-state index >= 15 is 0 Å². The van der Waals surface area contributed by atoms with Gasteiger partial charge in [0.25, 0.3) is 0 Å². The topological polar surface area (TPSA) is 22.1 Å². The summed E-state index contributed by atoms with van der Waals surface area (Å²) in [6.07, 6.45) is 2.05. The molecule has 111 valence electrons. The van der Waals surface area contributed by atoms with Crippen LogP contribution < -0.4 is 0 Å². The summed E-state index contributed by atoms with van der Waals surface area (Å²) in [6.45, 7) is 8.40. The predicted octanol–water partition coefficient (Wildman–Crippen LogP) is 4.84. The number of nitrogens with zero attached hydrogens (tertiary/aromatic N) is 1. The van der Waals surface area contributed by atoms with Crippen LogP contribution in [0.15, 0.2) is 29.6 Å². The Bertz CT molecular complexity index is 588. The fourth-order valence-electron chi connectivity index (χ4n) is 2.54. The summed E-state index contributed by atoms with van der Waals surface area (Å²) in [6, 6.07) is 8.81. The molecule has 1 radical (unpaired) electrons. The van der Waals surface area contributed by atoms with Gasteiger partial charge >= 0.3 is 0 Å². The summed E-state index contributed by atoms with van der Waals surface area (Å²) in [4.78, 5) is 4.82. The summed E-state index contributed by atoms with van der Waals surface area (Å²) in [7, 11) is 0. The van der Waals surface area contributed by atoms with Crippen LogP contribution >= 0.6 is 11.3 Å². The van der Waals surface area contributed by atoms with Crippen molar-refractivity contribution in [1.82, 2.24) is 4.98 Å². The SMILES string of the molecule is CC(C)(C)c1ccc(-c2csc([C]3CCOCC3)n2)cc1. The van der Waals surface area contributed by atoms with Crippen molar-refractivity contribution in [2.75, 3.05) is 13.2 Å². The maximum Gasteiger partial charge on any atom is 0.101 e.